The van der Waals surface area contributed by atoms with Gasteiger partial charge in [0.2, 0.25) is 0 Å². The fraction of sp³-hybridized carbons (Fsp3) is 0.167. The molecule has 94 valence electrons. The number of rotatable bonds is 4. The number of carboxylic acid groups (broad SMARTS) is 1. The molecule has 1 N–H and O–H groups in total. The summed E-state index contributed by atoms with van der Waals surface area (Å²) >= 11 is 11.8. The first kappa shape index (κ1) is 12.9. The second-order valence-electron chi connectivity index (χ2n) is 3.82. The summed E-state index contributed by atoms with van der Waals surface area (Å²) < 4.78 is 1.58. The lowest BCUT2D eigenvalue weighted by molar-refractivity contribution is -0.137. The van der Waals surface area contributed by atoms with E-state index in [1.54, 1.807) is 35.2 Å². The van der Waals surface area contributed by atoms with Gasteiger partial charge in [0, 0.05) is 28.9 Å². The number of carbonyl (C=O) groups is 1. The number of hydrogen-bond donors (Lipinski definition) is 1. The molecule has 18 heavy (non-hydrogen) atoms. The first-order valence-corrected chi connectivity index (χ1v) is 5.97. The molecule has 2 rings (SSSR count). The SMILES string of the molecule is O=C(O)Cn1ccnc1Cc1cc(Cl)cc(Cl)c1. The molecule has 0 radical (unpaired) electrons. The quantitative estimate of drug-likeness (QED) is 0.939. The van der Waals surface area contributed by atoms with Crippen LogP contribution in [0.1, 0.15) is 11.4 Å². The van der Waals surface area contributed by atoms with Gasteiger partial charge < -0.3 is 9.67 Å². The minimum absolute atomic E-state index is 0.108. The number of imidazole rings is 1. The highest BCUT2D eigenvalue weighted by molar-refractivity contribution is 6.34. The smallest absolute Gasteiger partial charge is 0.323 e. The second-order valence-corrected chi connectivity index (χ2v) is 4.69. The van der Waals surface area contributed by atoms with Crippen molar-refractivity contribution in [1.29, 1.82) is 0 Å². The van der Waals surface area contributed by atoms with Gasteiger partial charge in [0.1, 0.15) is 12.4 Å². The largest absolute Gasteiger partial charge is 0.480 e. The van der Waals surface area contributed by atoms with Crippen LogP contribution in [0.2, 0.25) is 10.0 Å². The molecule has 6 heteroatoms. The Morgan fingerprint density at radius 1 is 1.28 bits per heavy atom. The Hall–Kier alpha value is -1.52. The van der Waals surface area contributed by atoms with Crippen LogP contribution in [0.15, 0.2) is 30.6 Å². The van der Waals surface area contributed by atoms with E-state index in [0.29, 0.717) is 22.3 Å². The van der Waals surface area contributed by atoms with Crippen LogP contribution in [-0.2, 0) is 17.8 Å². The fourth-order valence-electron chi connectivity index (χ4n) is 1.69. The Morgan fingerprint density at radius 2 is 1.94 bits per heavy atom. The van der Waals surface area contributed by atoms with E-state index in [4.69, 9.17) is 28.3 Å². The Labute approximate surface area is 114 Å². The maximum atomic E-state index is 10.7. The van der Waals surface area contributed by atoms with E-state index in [2.05, 4.69) is 4.98 Å². The van der Waals surface area contributed by atoms with E-state index < -0.39 is 5.97 Å². The molecule has 0 aliphatic carbocycles. The molecule has 0 atom stereocenters. The van der Waals surface area contributed by atoms with Crippen molar-refractivity contribution in [3.05, 3.63) is 52.0 Å². The topological polar surface area (TPSA) is 55.1 Å². The summed E-state index contributed by atoms with van der Waals surface area (Å²) in [5, 5.41) is 9.87. The second kappa shape index (κ2) is 5.42. The molecular formula is C12H10Cl2N2O2. The van der Waals surface area contributed by atoms with E-state index in [1.807, 2.05) is 0 Å². The van der Waals surface area contributed by atoms with E-state index in [1.165, 1.54) is 0 Å². The van der Waals surface area contributed by atoms with Gasteiger partial charge in [0.25, 0.3) is 0 Å². The number of carboxylic acids is 1. The predicted octanol–water partition coefficient (Wildman–Crippen LogP) is 2.87. The summed E-state index contributed by atoms with van der Waals surface area (Å²) in [5.41, 5.74) is 0.894. The van der Waals surface area contributed by atoms with Gasteiger partial charge >= 0.3 is 5.97 Å². The molecule has 1 heterocycles. The number of benzene rings is 1. The van der Waals surface area contributed by atoms with E-state index in [0.717, 1.165) is 5.56 Å². The van der Waals surface area contributed by atoms with Crippen molar-refractivity contribution < 1.29 is 9.90 Å². The molecule has 0 saturated heterocycles. The van der Waals surface area contributed by atoms with Crippen molar-refractivity contribution in [3.63, 3.8) is 0 Å². The molecule has 0 spiro atoms. The predicted molar refractivity (Wildman–Crippen MR) is 69.1 cm³/mol. The monoisotopic (exact) mass is 284 g/mol. The van der Waals surface area contributed by atoms with Gasteiger partial charge in [-0.25, -0.2) is 4.98 Å². The lowest BCUT2D eigenvalue weighted by atomic mass is 10.1. The highest BCUT2D eigenvalue weighted by Gasteiger charge is 2.08. The van der Waals surface area contributed by atoms with Crippen molar-refractivity contribution in [2.45, 2.75) is 13.0 Å². The van der Waals surface area contributed by atoms with Crippen molar-refractivity contribution >= 4 is 29.2 Å². The molecule has 0 bridgehead atoms. The Balaban J connectivity index is 2.23. The number of aromatic nitrogens is 2. The summed E-state index contributed by atoms with van der Waals surface area (Å²) in [6.07, 6.45) is 3.70. The highest BCUT2D eigenvalue weighted by atomic mass is 35.5. The van der Waals surface area contributed by atoms with E-state index in [9.17, 15) is 4.79 Å². The number of hydrogen-bond acceptors (Lipinski definition) is 2. The minimum atomic E-state index is -0.904. The summed E-state index contributed by atoms with van der Waals surface area (Å²) in [7, 11) is 0. The van der Waals surface area contributed by atoms with Gasteiger partial charge in [-0.05, 0) is 23.8 Å². The number of halogens is 2. The van der Waals surface area contributed by atoms with Crippen molar-refractivity contribution in [2.24, 2.45) is 0 Å². The molecule has 0 fully saturated rings. The third-order valence-corrected chi connectivity index (χ3v) is 2.83. The van der Waals surface area contributed by atoms with Crippen LogP contribution in [0.3, 0.4) is 0 Å². The zero-order chi connectivity index (χ0) is 13.1. The van der Waals surface area contributed by atoms with Gasteiger partial charge in [0.15, 0.2) is 0 Å². The first-order chi connectivity index (χ1) is 8.54. The Bertz CT molecular complexity index is 561. The molecule has 0 unspecified atom stereocenters. The van der Waals surface area contributed by atoms with Crippen LogP contribution in [0, 0.1) is 0 Å². The lowest BCUT2D eigenvalue weighted by Crippen LogP contribution is -2.11. The first-order valence-electron chi connectivity index (χ1n) is 5.21. The highest BCUT2D eigenvalue weighted by Crippen LogP contribution is 2.20. The maximum absolute atomic E-state index is 10.7. The molecule has 2 aromatic rings. The van der Waals surface area contributed by atoms with Crippen molar-refractivity contribution in [1.82, 2.24) is 9.55 Å². The third-order valence-electron chi connectivity index (χ3n) is 2.39. The molecule has 0 aliphatic heterocycles. The molecule has 1 aromatic heterocycles. The summed E-state index contributed by atoms with van der Waals surface area (Å²) in [6, 6.07) is 5.22. The maximum Gasteiger partial charge on any atom is 0.323 e. The van der Waals surface area contributed by atoms with E-state index in [-0.39, 0.29) is 6.54 Å². The summed E-state index contributed by atoms with van der Waals surface area (Å²) in [4.78, 5) is 14.8. The summed E-state index contributed by atoms with van der Waals surface area (Å²) in [5.74, 6) is -0.242. The zero-order valence-electron chi connectivity index (χ0n) is 9.31. The van der Waals surface area contributed by atoms with Gasteiger partial charge in [-0.3, -0.25) is 4.79 Å². The molecule has 4 nitrogen and oxygen atoms in total. The minimum Gasteiger partial charge on any atom is -0.480 e. The third kappa shape index (κ3) is 3.24. The molecular weight excluding hydrogens is 275 g/mol. The van der Waals surface area contributed by atoms with Gasteiger partial charge in [-0.1, -0.05) is 23.2 Å². The van der Waals surface area contributed by atoms with Gasteiger partial charge in [-0.2, -0.15) is 0 Å². The van der Waals surface area contributed by atoms with Gasteiger partial charge in [0.05, 0.1) is 0 Å². The van der Waals surface area contributed by atoms with Crippen molar-refractivity contribution in [3.8, 4) is 0 Å². The number of nitrogens with zero attached hydrogens (tertiary/aromatic N) is 2. The average molecular weight is 285 g/mol. The van der Waals surface area contributed by atoms with Crippen LogP contribution in [0.4, 0.5) is 0 Å². The Morgan fingerprint density at radius 3 is 2.56 bits per heavy atom. The summed E-state index contributed by atoms with van der Waals surface area (Å²) in [6.45, 7) is -0.108. The fourth-order valence-corrected chi connectivity index (χ4v) is 2.26. The molecule has 0 amide bonds. The van der Waals surface area contributed by atoms with Gasteiger partial charge in [-0.15, -0.1) is 0 Å². The van der Waals surface area contributed by atoms with Crippen LogP contribution in [0.25, 0.3) is 0 Å². The average Bonchev–Trinajstić information content (AvgIpc) is 2.63. The normalized spacial score (nSPS) is 10.6. The van der Waals surface area contributed by atoms with E-state index >= 15 is 0 Å². The van der Waals surface area contributed by atoms with Crippen molar-refractivity contribution in [2.75, 3.05) is 0 Å². The molecule has 0 saturated carbocycles. The van der Waals surface area contributed by atoms with Crippen LogP contribution in [0.5, 0.6) is 0 Å². The number of aliphatic carboxylic acids is 1. The van der Waals surface area contributed by atoms with Crippen LogP contribution in [-0.4, -0.2) is 20.6 Å². The Kier molecular flexibility index (Phi) is 3.89. The van der Waals surface area contributed by atoms with Crippen LogP contribution < -0.4 is 0 Å². The molecule has 0 aliphatic rings. The van der Waals surface area contributed by atoms with Crippen LogP contribution >= 0.6 is 23.2 Å². The molecule has 1 aromatic carbocycles. The lowest BCUT2D eigenvalue weighted by Gasteiger charge is -2.06. The standard InChI is InChI=1S/C12H10Cl2N2O2/c13-9-3-8(4-10(14)6-9)5-11-15-1-2-16(11)7-12(17)18/h1-4,6H,5,7H2,(H,17,18). The zero-order valence-corrected chi connectivity index (χ0v) is 10.8.